The van der Waals surface area contributed by atoms with Crippen LogP contribution in [0.25, 0.3) is 0 Å². The van der Waals surface area contributed by atoms with Gasteiger partial charge in [-0.3, -0.25) is 9.80 Å². The first-order chi connectivity index (χ1) is 11.8. The molecule has 0 radical (unpaired) electrons. The number of hydrogen-bond donors (Lipinski definition) is 1. The van der Waals surface area contributed by atoms with Crippen LogP contribution in [-0.4, -0.2) is 74.4 Å². The van der Waals surface area contributed by atoms with Crippen molar-refractivity contribution in [2.75, 3.05) is 52.9 Å². The summed E-state index contributed by atoms with van der Waals surface area (Å²) >= 11 is 0. The molecule has 0 saturated carbocycles. The highest BCUT2D eigenvalue weighted by atomic mass is 16.6. The second-order valence-corrected chi connectivity index (χ2v) is 7.48. The maximum Gasteiger partial charge on any atom is 0.161 e. The summed E-state index contributed by atoms with van der Waals surface area (Å²) in [6, 6.07) is 7.99. The van der Waals surface area contributed by atoms with Gasteiger partial charge in [-0.15, -0.1) is 0 Å². The molecule has 4 rings (SSSR count). The van der Waals surface area contributed by atoms with Crippen LogP contribution in [-0.2, 0) is 0 Å². The number of piperidine rings is 1. The molecule has 1 atom stereocenters. The van der Waals surface area contributed by atoms with E-state index in [4.69, 9.17) is 9.47 Å². The normalized spacial score (nSPS) is 27.8. The van der Waals surface area contributed by atoms with Gasteiger partial charge in [-0.1, -0.05) is 12.1 Å². The number of nitrogens with one attached hydrogen (secondary N) is 1. The highest BCUT2D eigenvalue weighted by Crippen LogP contribution is 2.32. The fourth-order valence-electron chi connectivity index (χ4n) is 4.41. The molecule has 0 unspecified atom stereocenters. The molecule has 1 spiro atoms. The minimum absolute atomic E-state index is 0.127. The predicted octanol–water partition coefficient (Wildman–Crippen LogP) is 1.59. The van der Waals surface area contributed by atoms with Crippen LogP contribution in [0.1, 0.15) is 19.3 Å². The molecule has 132 valence electrons. The third-order valence-electron chi connectivity index (χ3n) is 5.86. The summed E-state index contributed by atoms with van der Waals surface area (Å²) in [6.07, 6.45) is 3.84. The molecule has 1 aromatic carbocycles. The van der Waals surface area contributed by atoms with Crippen LogP contribution in [0.5, 0.6) is 11.5 Å². The predicted molar refractivity (Wildman–Crippen MR) is 94.9 cm³/mol. The summed E-state index contributed by atoms with van der Waals surface area (Å²) in [6.45, 7) is 7.37. The maximum atomic E-state index is 6.19. The van der Waals surface area contributed by atoms with Gasteiger partial charge in [-0.05, 0) is 64.6 Å². The van der Waals surface area contributed by atoms with Crippen LogP contribution >= 0.6 is 0 Å². The quantitative estimate of drug-likeness (QED) is 0.891. The molecule has 3 heterocycles. The van der Waals surface area contributed by atoms with E-state index in [0.717, 1.165) is 44.2 Å². The summed E-state index contributed by atoms with van der Waals surface area (Å²) in [5, 5.41) is 3.51. The Kier molecular flexibility index (Phi) is 4.66. The van der Waals surface area contributed by atoms with Crippen LogP contribution in [0.4, 0.5) is 0 Å². The number of likely N-dealkylation sites (N-methyl/N-ethyl adjacent to an activating group) is 1. The first kappa shape index (κ1) is 16.2. The minimum Gasteiger partial charge on any atom is -0.486 e. The Morgan fingerprint density at radius 3 is 2.79 bits per heavy atom. The summed E-state index contributed by atoms with van der Waals surface area (Å²) in [5.41, 5.74) is 0.329. The van der Waals surface area contributed by atoms with E-state index in [-0.39, 0.29) is 6.10 Å². The molecular formula is C19H29N3O2. The number of hydrogen-bond acceptors (Lipinski definition) is 5. The summed E-state index contributed by atoms with van der Waals surface area (Å²) < 4.78 is 12.1. The van der Waals surface area contributed by atoms with E-state index in [1.54, 1.807) is 0 Å². The molecule has 3 aliphatic rings. The van der Waals surface area contributed by atoms with E-state index in [1.165, 1.54) is 25.8 Å². The van der Waals surface area contributed by atoms with Crippen molar-refractivity contribution < 1.29 is 9.47 Å². The fourth-order valence-corrected chi connectivity index (χ4v) is 4.41. The first-order valence-electron chi connectivity index (χ1n) is 9.28. The molecule has 5 nitrogen and oxygen atoms in total. The first-order valence-corrected chi connectivity index (χ1v) is 9.28. The van der Waals surface area contributed by atoms with E-state index in [9.17, 15) is 0 Å². The zero-order valence-electron chi connectivity index (χ0n) is 14.7. The highest BCUT2D eigenvalue weighted by Gasteiger charge is 2.39. The number of rotatable bonds is 2. The molecule has 1 aromatic rings. The van der Waals surface area contributed by atoms with Crippen molar-refractivity contribution in [1.82, 2.24) is 15.1 Å². The van der Waals surface area contributed by atoms with Crippen LogP contribution in [0.2, 0.25) is 0 Å². The molecule has 0 aliphatic carbocycles. The zero-order chi connectivity index (χ0) is 16.4. The molecule has 3 aliphatic heterocycles. The Bertz CT molecular complexity index is 559. The molecular weight excluding hydrogens is 302 g/mol. The van der Waals surface area contributed by atoms with E-state index in [0.29, 0.717) is 12.1 Å². The average Bonchev–Trinajstić information content (AvgIpc) is 2.75. The van der Waals surface area contributed by atoms with Gasteiger partial charge in [0.1, 0.15) is 12.7 Å². The van der Waals surface area contributed by atoms with Gasteiger partial charge in [0, 0.05) is 18.6 Å². The largest absolute Gasteiger partial charge is 0.486 e. The number of para-hydroxylation sites is 2. The smallest absolute Gasteiger partial charge is 0.161 e. The fraction of sp³-hybridized carbons (Fsp3) is 0.684. The van der Waals surface area contributed by atoms with Crippen molar-refractivity contribution in [3.8, 4) is 11.5 Å². The Hall–Kier alpha value is -1.30. The summed E-state index contributed by atoms with van der Waals surface area (Å²) in [7, 11) is 2.31. The standard InChI is InChI=1S/C19H29N3O2/c1-21-11-4-12-22(15-19(21)7-9-20-10-8-19)13-16-14-23-17-5-2-3-6-18(17)24-16/h2-3,5-6,16,20H,4,7-15H2,1H3/t16-/m1/s1. The third kappa shape index (κ3) is 3.25. The molecule has 1 N–H and O–H groups in total. The van der Waals surface area contributed by atoms with E-state index in [1.807, 2.05) is 24.3 Å². The molecule has 2 fully saturated rings. The topological polar surface area (TPSA) is 37.0 Å². The second-order valence-electron chi connectivity index (χ2n) is 7.48. The summed E-state index contributed by atoms with van der Waals surface area (Å²) in [4.78, 5) is 5.22. The van der Waals surface area contributed by atoms with Crippen LogP contribution in [0, 0.1) is 0 Å². The van der Waals surface area contributed by atoms with Gasteiger partial charge in [-0.25, -0.2) is 0 Å². The third-order valence-corrected chi connectivity index (χ3v) is 5.86. The monoisotopic (exact) mass is 331 g/mol. The van der Waals surface area contributed by atoms with Crippen molar-refractivity contribution in [1.29, 1.82) is 0 Å². The Balaban J connectivity index is 1.42. The number of fused-ring (bicyclic) bond motifs is 1. The lowest BCUT2D eigenvalue weighted by Gasteiger charge is -2.46. The van der Waals surface area contributed by atoms with Crippen molar-refractivity contribution in [3.05, 3.63) is 24.3 Å². The number of nitrogens with zero attached hydrogens (tertiary/aromatic N) is 2. The highest BCUT2D eigenvalue weighted by molar-refractivity contribution is 5.40. The van der Waals surface area contributed by atoms with E-state index >= 15 is 0 Å². The van der Waals surface area contributed by atoms with Gasteiger partial charge in [0.15, 0.2) is 11.5 Å². The average molecular weight is 331 g/mol. The van der Waals surface area contributed by atoms with Crippen molar-refractivity contribution in [3.63, 3.8) is 0 Å². The van der Waals surface area contributed by atoms with Crippen LogP contribution < -0.4 is 14.8 Å². The minimum atomic E-state index is 0.127. The van der Waals surface area contributed by atoms with Crippen LogP contribution in [0.15, 0.2) is 24.3 Å². The zero-order valence-corrected chi connectivity index (χ0v) is 14.7. The molecule has 5 heteroatoms. The Morgan fingerprint density at radius 2 is 1.96 bits per heavy atom. The van der Waals surface area contributed by atoms with Gasteiger partial charge in [-0.2, -0.15) is 0 Å². The molecule has 24 heavy (non-hydrogen) atoms. The molecule has 0 bridgehead atoms. The van der Waals surface area contributed by atoms with Crippen LogP contribution in [0.3, 0.4) is 0 Å². The molecule has 0 aromatic heterocycles. The lowest BCUT2D eigenvalue weighted by Crippen LogP contribution is -2.58. The summed E-state index contributed by atoms with van der Waals surface area (Å²) in [5.74, 6) is 1.76. The Morgan fingerprint density at radius 1 is 1.17 bits per heavy atom. The maximum absolute atomic E-state index is 6.19. The lowest BCUT2D eigenvalue weighted by molar-refractivity contribution is 0.0303. The van der Waals surface area contributed by atoms with Crippen molar-refractivity contribution in [2.45, 2.75) is 30.9 Å². The van der Waals surface area contributed by atoms with Gasteiger partial charge < -0.3 is 14.8 Å². The Labute approximate surface area is 144 Å². The molecule has 0 amide bonds. The lowest BCUT2D eigenvalue weighted by atomic mass is 9.86. The molecule has 2 saturated heterocycles. The SMILES string of the molecule is CN1CCCN(C[C@@H]2COc3ccccc3O2)CC12CCNCC2. The van der Waals surface area contributed by atoms with E-state index in [2.05, 4.69) is 22.2 Å². The van der Waals surface area contributed by atoms with Crippen molar-refractivity contribution >= 4 is 0 Å². The van der Waals surface area contributed by atoms with Gasteiger partial charge in [0.05, 0.1) is 0 Å². The van der Waals surface area contributed by atoms with Crippen molar-refractivity contribution in [2.24, 2.45) is 0 Å². The van der Waals surface area contributed by atoms with E-state index < -0.39 is 0 Å². The van der Waals surface area contributed by atoms with Gasteiger partial charge in [0.25, 0.3) is 0 Å². The second kappa shape index (κ2) is 6.90. The number of benzene rings is 1. The van der Waals surface area contributed by atoms with Gasteiger partial charge >= 0.3 is 0 Å². The van der Waals surface area contributed by atoms with Gasteiger partial charge in [0.2, 0.25) is 0 Å². The number of ether oxygens (including phenoxy) is 2.